The minimum Gasteiger partial charge on any atom is -0.452 e. The summed E-state index contributed by atoms with van der Waals surface area (Å²) in [7, 11) is 0. The Kier molecular flexibility index (Phi) is 8.06. The van der Waals surface area contributed by atoms with Crippen molar-refractivity contribution in [2.45, 2.75) is 32.8 Å². The molecule has 1 fully saturated rings. The van der Waals surface area contributed by atoms with Crippen molar-refractivity contribution in [2.75, 3.05) is 23.7 Å². The third kappa shape index (κ3) is 6.79. The standard InChI is InChI=1S/C24H26ClN3O5/c1-15(22(30)27-21-9-7-20(8-10-21)26-16(2)29)33-24(32)18-11-13-28(14-12-18)23(31)17-3-5-19(25)6-4-17/h3-10,15,18H,11-14H2,1-2H3,(H,26,29)(H,27,30)/t15-/m1/s1. The fourth-order valence-electron chi connectivity index (χ4n) is 3.50. The van der Waals surface area contributed by atoms with Gasteiger partial charge < -0.3 is 20.3 Å². The Morgan fingerprint density at radius 3 is 2.03 bits per heavy atom. The van der Waals surface area contributed by atoms with Crippen molar-refractivity contribution in [3.8, 4) is 0 Å². The van der Waals surface area contributed by atoms with Crippen LogP contribution < -0.4 is 10.6 Å². The predicted octanol–water partition coefficient (Wildman–Crippen LogP) is 3.72. The van der Waals surface area contributed by atoms with Crippen molar-refractivity contribution in [1.29, 1.82) is 0 Å². The van der Waals surface area contributed by atoms with Gasteiger partial charge in [-0.1, -0.05) is 11.6 Å². The molecule has 0 aliphatic carbocycles. The van der Waals surface area contributed by atoms with Crippen LogP contribution in [0, 0.1) is 5.92 Å². The molecular formula is C24H26ClN3O5. The molecule has 9 heteroatoms. The summed E-state index contributed by atoms with van der Waals surface area (Å²) in [5, 5.41) is 5.89. The van der Waals surface area contributed by atoms with E-state index in [1.165, 1.54) is 13.8 Å². The van der Waals surface area contributed by atoms with E-state index in [1.54, 1.807) is 53.4 Å². The maximum Gasteiger partial charge on any atom is 0.309 e. The summed E-state index contributed by atoms with van der Waals surface area (Å²) in [4.78, 5) is 50.3. The number of hydrogen-bond donors (Lipinski definition) is 2. The number of carbonyl (C=O) groups is 4. The second-order valence-electron chi connectivity index (χ2n) is 7.90. The minimum absolute atomic E-state index is 0.101. The monoisotopic (exact) mass is 471 g/mol. The number of likely N-dealkylation sites (tertiary alicyclic amines) is 1. The number of carbonyl (C=O) groups excluding carboxylic acids is 4. The lowest BCUT2D eigenvalue weighted by Gasteiger charge is -2.31. The average Bonchev–Trinajstić information content (AvgIpc) is 2.80. The van der Waals surface area contributed by atoms with Crippen LogP contribution in [-0.2, 0) is 19.1 Å². The molecule has 1 saturated heterocycles. The van der Waals surface area contributed by atoms with Crippen LogP contribution in [0.15, 0.2) is 48.5 Å². The molecule has 174 valence electrons. The topological polar surface area (TPSA) is 105 Å². The number of ether oxygens (including phenoxy) is 1. The Morgan fingerprint density at radius 1 is 0.939 bits per heavy atom. The van der Waals surface area contributed by atoms with Crippen LogP contribution in [0.2, 0.25) is 5.02 Å². The lowest BCUT2D eigenvalue weighted by atomic mass is 9.96. The van der Waals surface area contributed by atoms with E-state index in [-0.39, 0.29) is 17.7 Å². The van der Waals surface area contributed by atoms with Gasteiger partial charge in [0, 0.05) is 42.0 Å². The van der Waals surface area contributed by atoms with E-state index >= 15 is 0 Å². The molecule has 2 aromatic carbocycles. The SMILES string of the molecule is CC(=O)Nc1ccc(NC(=O)[C@@H](C)OC(=O)C2CCN(C(=O)c3ccc(Cl)cc3)CC2)cc1. The van der Waals surface area contributed by atoms with Gasteiger partial charge in [0.1, 0.15) is 0 Å². The average molecular weight is 472 g/mol. The van der Waals surface area contributed by atoms with Crippen molar-refractivity contribution in [1.82, 2.24) is 4.90 Å². The summed E-state index contributed by atoms with van der Waals surface area (Å²) in [6.07, 6.45) is -0.0323. The Bertz CT molecular complexity index is 1020. The van der Waals surface area contributed by atoms with Crippen LogP contribution in [0.4, 0.5) is 11.4 Å². The highest BCUT2D eigenvalue weighted by atomic mass is 35.5. The van der Waals surface area contributed by atoms with Crippen molar-refractivity contribution >= 4 is 46.7 Å². The van der Waals surface area contributed by atoms with Crippen molar-refractivity contribution < 1.29 is 23.9 Å². The van der Waals surface area contributed by atoms with Gasteiger partial charge in [0.2, 0.25) is 5.91 Å². The zero-order valence-electron chi connectivity index (χ0n) is 18.5. The molecule has 8 nitrogen and oxygen atoms in total. The number of rotatable bonds is 6. The van der Waals surface area contributed by atoms with Gasteiger partial charge >= 0.3 is 5.97 Å². The smallest absolute Gasteiger partial charge is 0.309 e. The molecule has 3 rings (SSSR count). The third-order valence-corrected chi connectivity index (χ3v) is 5.59. The van der Waals surface area contributed by atoms with Crippen molar-refractivity contribution in [3.05, 3.63) is 59.1 Å². The minimum atomic E-state index is -0.971. The highest BCUT2D eigenvalue weighted by Gasteiger charge is 2.30. The van der Waals surface area contributed by atoms with Crippen LogP contribution in [0.25, 0.3) is 0 Å². The largest absolute Gasteiger partial charge is 0.452 e. The summed E-state index contributed by atoms with van der Waals surface area (Å²) in [6, 6.07) is 13.3. The van der Waals surface area contributed by atoms with E-state index in [4.69, 9.17) is 16.3 Å². The molecule has 0 radical (unpaired) electrons. The van der Waals surface area contributed by atoms with E-state index < -0.39 is 18.0 Å². The molecule has 0 saturated carbocycles. The number of halogens is 1. The third-order valence-electron chi connectivity index (χ3n) is 5.34. The van der Waals surface area contributed by atoms with E-state index in [2.05, 4.69) is 10.6 Å². The lowest BCUT2D eigenvalue weighted by Crippen LogP contribution is -2.41. The first-order chi connectivity index (χ1) is 15.7. The van der Waals surface area contributed by atoms with E-state index in [1.807, 2.05) is 0 Å². The van der Waals surface area contributed by atoms with Gasteiger partial charge in [-0.2, -0.15) is 0 Å². The summed E-state index contributed by atoms with van der Waals surface area (Å²) in [5.41, 5.74) is 1.68. The van der Waals surface area contributed by atoms with Gasteiger partial charge in [0.05, 0.1) is 5.92 Å². The van der Waals surface area contributed by atoms with E-state index in [0.717, 1.165) is 0 Å². The van der Waals surface area contributed by atoms with Gasteiger partial charge in [-0.15, -0.1) is 0 Å². The quantitative estimate of drug-likeness (QED) is 0.625. The number of anilines is 2. The Balaban J connectivity index is 1.46. The highest BCUT2D eigenvalue weighted by molar-refractivity contribution is 6.30. The number of amides is 3. The van der Waals surface area contributed by atoms with E-state index in [9.17, 15) is 19.2 Å². The summed E-state index contributed by atoms with van der Waals surface area (Å²) >= 11 is 5.87. The van der Waals surface area contributed by atoms with Crippen molar-refractivity contribution in [3.63, 3.8) is 0 Å². The fourth-order valence-corrected chi connectivity index (χ4v) is 3.63. The van der Waals surface area contributed by atoms with Gasteiger partial charge in [0.25, 0.3) is 11.8 Å². The Morgan fingerprint density at radius 2 is 1.48 bits per heavy atom. The molecule has 2 aromatic rings. The second kappa shape index (κ2) is 11.0. The Labute approximate surface area is 197 Å². The van der Waals surface area contributed by atoms with Crippen LogP contribution >= 0.6 is 11.6 Å². The molecule has 0 aromatic heterocycles. The molecule has 1 atom stereocenters. The molecule has 2 N–H and O–H groups in total. The molecule has 3 amide bonds. The molecule has 1 heterocycles. The predicted molar refractivity (Wildman–Crippen MR) is 125 cm³/mol. The summed E-state index contributed by atoms with van der Waals surface area (Å²) in [5.74, 6) is -1.56. The van der Waals surface area contributed by atoms with Gasteiger partial charge in [0.15, 0.2) is 6.10 Å². The first kappa shape index (κ1) is 24.3. The molecule has 0 bridgehead atoms. The molecule has 0 unspecified atom stereocenters. The second-order valence-corrected chi connectivity index (χ2v) is 8.34. The van der Waals surface area contributed by atoms with Crippen molar-refractivity contribution in [2.24, 2.45) is 5.92 Å². The summed E-state index contributed by atoms with van der Waals surface area (Å²) < 4.78 is 5.37. The molecule has 1 aliphatic heterocycles. The van der Waals surface area contributed by atoms with Gasteiger partial charge in [-0.25, -0.2) is 0 Å². The number of hydrogen-bond acceptors (Lipinski definition) is 5. The normalized spacial score (nSPS) is 14.8. The van der Waals surface area contributed by atoms with Crippen LogP contribution in [0.5, 0.6) is 0 Å². The van der Waals surface area contributed by atoms with Gasteiger partial charge in [-0.05, 0) is 68.3 Å². The number of esters is 1. The molecule has 0 spiro atoms. The number of piperidine rings is 1. The maximum absolute atomic E-state index is 12.6. The number of benzene rings is 2. The fraction of sp³-hybridized carbons (Fsp3) is 0.333. The van der Waals surface area contributed by atoms with Gasteiger partial charge in [-0.3, -0.25) is 19.2 Å². The lowest BCUT2D eigenvalue weighted by molar-refractivity contribution is -0.158. The zero-order valence-corrected chi connectivity index (χ0v) is 19.2. The maximum atomic E-state index is 12.6. The molecular weight excluding hydrogens is 446 g/mol. The van der Waals surface area contributed by atoms with Crippen LogP contribution in [-0.4, -0.2) is 47.8 Å². The number of nitrogens with one attached hydrogen (secondary N) is 2. The zero-order chi connectivity index (χ0) is 24.0. The molecule has 33 heavy (non-hydrogen) atoms. The first-order valence-corrected chi connectivity index (χ1v) is 11.0. The Hall–Kier alpha value is -3.39. The summed E-state index contributed by atoms with van der Waals surface area (Å²) in [6.45, 7) is 3.79. The van der Waals surface area contributed by atoms with E-state index in [0.29, 0.717) is 47.9 Å². The molecule has 1 aliphatic rings. The highest BCUT2D eigenvalue weighted by Crippen LogP contribution is 2.22. The van der Waals surface area contributed by atoms with Crippen LogP contribution in [0.3, 0.4) is 0 Å². The van der Waals surface area contributed by atoms with Crippen LogP contribution in [0.1, 0.15) is 37.0 Å². The number of nitrogens with zero attached hydrogens (tertiary/aromatic N) is 1. The first-order valence-electron chi connectivity index (χ1n) is 10.7.